The molecule has 0 aromatic heterocycles. The summed E-state index contributed by atoms with van der Waals surface area (Å²) in [5, 5.41) is 0. The topological polar surface area (TPSA) is 29.3 Å². The van der Waals surface area contributed by atoms with Gasteiger partial charge in [0.25, 0.3) is 0 Å². The van der Waals surface area contributed by atoms with Crippen molar-refractivity contribution >= 4 is 21.6 Å². The van der Waals surface area contributed by atoms with E-state index in [1.165, 1.54) is 24.3 Å². The number of halogens is 3. The molecule has 0 amide bonds. The summed E-state index contributed by atoms with van der Waals surface area (Å²) < 4.78 is 26.8. The summed E-state index contributed by atoms with van der Waals surface area (Å²) in [6.07, 6.45) is 0. The van der Waals surface area contributed by atoms with Gasteiger partial charge in [0, 0.05) is 23.8 Å². The first-order chi connectivity index (χ1) is 9.52. The van der Waals surface area contributed by atoms with Crippen LogP contribution in [0, 0.1) is 11.6 Å². The van der Waals surface area contributed by atoms with Crippen LogP contribution in [-0.4, -0.2) is 13.6 Å². The molecule has 0 aliphatic rings. The molecule has 0 radical (unpaired) electrons. The fraction of sp³-hybridized carbons (Fsp3) is 0.200. The van der Waals surface area contributed by atoms with Crippen molar-refractivity contribution in [1.29, 1.82) is 0 Å². The molecule has 5 heteroatoms. The first kappa shape index (κ1) is 14.9. The van der Waals surface area contributed by atoms with Crippen LogP contribution in [0.25, 0.3) is 0 Å². The Balaban J connectivity index is 2.33. The molecule has 20 heavy (non-hydrogen) atoms. The number of benzene rings is 2. The summed E-state index contributed by atoms with van der Waals surface area (Å²) in [6.45, 7) is 0.359. The summed E-state index contributed by atoms with van der Waals surface area (Å²) in [4.78, 5) is 1.94. The molecular weight excluding hydrogens is 326 g/mol. The molecule has 0 fully saturated rings. The van der Waals surface area contributed by atoms with E-state index < -0.39 is 0 Å². The SMILES string of the molecule is CN(c1ccc(F)cc1)C(CN)c1ccc(F)cc1Br. The lowest BCUT2D eigenvalue weighted by molar-refractivity contribution is 0.619. The van der Waals surface area contributed by atoms with Gasteiger partial charge in [-0.1, -0.05) is 22.0 Å². The number of nitrogens with zero attached hydrogens (tertiary/aromatic N) is 1. The van der Waals surface area contributed by atoms with Crippen LogP contribution in [0.1, 0.15) is 11.6 Å². The average molecular weight is 341 g/mol. The van der Waals surface area contributed by atoms with Crippen molar-refractivity contribution in [3.05, 3.63) is 64.1 Å². The Labute approximate surface area is 125 Å². The number of hydrogen-bond donors (Lipinski definition) is 1. The van der Waals surface area contributed by atoms with Gasteiger partial charge in [0.2, 0.25) is 0 Å². The lowest BCUT2D eigenvalue weighted by atomic mass is 10.0. The van der Waals surface area contributed by atoms with E-state index in [2.05, 4.69) is 15.9 Å². The Morgan fingerprint density at radius 1 is 1.10 bits per heavy atom. The van der Waals surface area contributed by atoms with E-state index >= 15 is 0 Å². The van der Waals surface area contributed by atoms with Gasteiger partial charge in [-0.05, 0) is 42.0 Å². The molecule has 2 N–H and O–H groups in total. The van der Waals surface area contributed by atoms with Crippen LogP contribution in [0.5, 0.6) is 0 Å². The van der Waals surface area contributed by atoms with E-state index in [0.29, 0.717) is 11.0 Å². The molecular formula is C15H15BrF2N2. The smallest absolute Gasteiger partial charge is 0.124 e. The fourth-order valence-corrected chi connectivity index (χ4v) is 2.74. The van der Waals surface area contributed by atoms with Crippen LogP contribution in [0.3, 0.4) is 0 Å². The van der Waals surface area contributed by atoms with E-state index in [0.717, 1.165) is 11.3 Å². The van der Waals surface area contributed by atoms with E-state index in [9.17, 15) is 8.78 Å². The standard InChI is InChI=1S/C15H15BrF2N2/c1-20(12-5-2-10(17)3-6-12)15(9-19)13-7-4-11(18)8-14(13)16/h2-8,15H,9,19H2,1H3. The molecule has 2 rings (SSSR count). The highest BCUT2D eigenvalue weighted by molar-refractivity contribution is 9.10. The zero-order valence-corrected chi connectivity index (χ0v) is 12.6. The first-order valence-electron chi connectivity index (χ1n) is 6.16. The zero-order valence-electron chi connectivity index (χ0n) is 11.0. The lowest BCUT2D eigenvalue weighted by Crippen LogP contribution is -2.30. The Bertz CT molecular complexity index is 587. The van der Waals surface area contributed by atoms with Crippen LogP contribution >= 0.6 is 15.9 Å². The highest BCUT2D eigenvalue weighted by Gasteiger charge is 2.19. The number of nitrogens with two attached hydrogens (primary N) is 1. The largest absolute Gasteiger partial charge is 0.366 e. The van der Waals surface area contributed by atoms with Gasteiger partial charge in [-0.2, -0.15) is 0 Å². The van der Waals surface area contributed by atoms with Crippen LogP contribution in [0.4, 0.5) is 14.5 Å². The van der Waals surface area contributed by atoms with Crippen molar-refractivity contribution in [2.45, 2.75) is 6.04 Å². The van der Waals surface area contributed by atoms with E-state index in [4.69, 9.17) is 5.73 Å². The van der Waals surface area contributed by atoms with Gasteiger partial charge in [-0.3, -0.25) is 0 Å². The Kier molecular flexibility index (Phi) is 4.73. The first-order valence-corrected chi connectivity index (χ1v) is 6.95. The molecule has 1 unspecified atom stereocenters. The molecule has 0 saturated heterocycles. The van der Waals surface area contributed by atoms with Gasteiger partial charge >= 0.3 is 0 Å². The van der Waals surface area contributed by atoms with Gasteiger partial charge in [0.1, 0.15) is 11.6 Å². The highest BCUT2D eigenvalue weighted by Crippen LogP contribution is 2.30. The minimum atomic E-state index is -0.305. The Morgan fingerprint density at radius 2 is 1.70 bits per heavy atom. The third-order valence-electron chi connectivity index (χ3n) is 3.25. The normalized spacial score (nSPS) is 12.2. The van der Waals surface area contributed by atoms with Crippen molar-refractivity contribution in [2.75, 3.05) is 18.5 Å². The van der Waals surface area contributed by atoms with Crippen molar-refractivity contribution in [1.82, 2.24) is 0 Å². The monoisotopic (exact) mass is 340 g/mol. The summed E-state index contributed by atoms with van der Waals surface area (Å²) in [7, 11) is 1.88. The van der Waals surface area contributed by atoms with Crippen molar-refractivity contribution < 1.29 is 8.78 Å². The highest BCUT2D eigenvalue weighted by atomic mass is 79.9. The Hall–Kier alpha value is -1.46. The number of hydrogen-bond acceptors (Lipinski definition) is 2. The molecule has 2 aromatic carbocycles. The summed E-state index contributed by atoms with van der Waals surface area (Å²) in [6, 6.07) is 10.6. The molecule has 0 saturated carbocycles. The maximum atomic E-state index is 13.2. The predicted molar refractivity (Wildman–Crippen MR) is 80.7 cm³/mol. The fourth-order valence-electron chi connectivity index (χ4n) is 2.12. The molecule has 1 atom stereocenters. The Morgan fingerprint density at radius 3 is 2.25 bits per heavy atom. The summed E-state index contributed by atoms with van der Waals surface area (Å²) >= 11 is 3.36. The van der Waals surface area contributed by atoms with Crippen molar-refractivity contribution in [3.8, 4) is 0 Å². The van der Waals surface area contributed by atoms with Crippen LogP contribution in [0.2, 0.25) is 0 Å². The van der Waals surface area contributed by atoms with Crippen LogP contribution in [-0.2, 0) is 0 Å². The third-order valence-corrected chi connectivity index (χ3v) is 3.93. The van der Waals surface area contributed by atoms with Gasteiger partial charge in [0.15, 0.2) is 0 Å². The minimum absolute atomic E-state index is 0.129. The maximum Gasteiger partial charge on any atom is 0.124 e. The van der Waals surface area contributed by atoms with E-state index in [-0.39, 0.29) is 17.7 Å². The van der Waals surface area contributed by atoms with E-state index in [1.54, 1.807) is 18.2 Å². The number of likely N-dealkylation sites (N-methyl/N-ethyl adjacent to an activating group) is 1. The average Bonchev–Trinajstić information content (AvgIpc) is 2.42. The second-order valence-corrected chi connectivity index (χ2v) is 5.36. The molecule has 2 aromatic rings. The van der Waals surface area contributed by atoms with E-state index in [1.807, 2.05) is 11.9 Å². The summed E-state index contributed by atoms with van der Waals surface area (Å²) in [5.74, 6) is -0.588. The molecule has 0 heterocycles. The minimum Gasteiger partial charge on any atom is -0.366 e. The van der Waals surface area contributed by atoms with Gasteiger partial charge in [-0.25, -0.2) is 8.78 Å². The number of anilines is 1. The quantitative estimate of drug-likeness (QED) is 0.915. The van der Waals surface area contributed by atoms with Gasteiger partial charge < -0.3 is 10.6 Å². The molecule has 0 bridgehead atoms. The lowest BCUT2D eigenvalue weighted by Gasteiger charge is -2.30. The molecule has 0 spiro atoms. The molecule has 0 aliphatic carbocycles. The number of rotatable bonds is 4. The van der Waals surface area contributed by atoms with Crippen molar-refractivity contribution in [2.24, 2.45) is 5.73 Å². The molecule has 0 aliphatic heterocycles. The second-order valence-electron chi connectivity index (χ2n) is 4.50. The van der Waals surface area contributed by atoms with Crippen LogP contribution < -0.4 is 10.6 Å². The second kappa shape index (κ2) is 6.33. The van der Waals surface area contributed by atoms with Crippen LogP contribution in [0.15, 0.2) is 46.9 Å². The summed E-state index contributed by atoms with van der Waals surface area (Å²) in [5.41, 5.74) is 7.58. The maximum absolute atomic E-state index is 13.2. The molecule has 106 valence electrons. The van der Waals surface area contributed by atoms with Gasteiger partial charge in [0.05, 0.1) is 6.04 Å². The third kappa shape index (κ3) is 3.16. The van der Waals surface area contributed by atoms with Gasteiger partial charge in [-0.15, -0.1) is 0 Å². The molecule has 2 nitrogen and oxygen atoms in total. The van der Waals surface area contributed by atoms with Crippen molar-refractivity contribution in [3.63, 3.8) is 0 Å². The predicted octanol–water partition coefficient (Wildman–Crippen LogP) is 3.86. The zero-order chi connectivity index (χ0) is 14.7.